The molecule has 9 nitrogen and oxygen atoms in total. The third kappa shape index (κ3) is 4.11. The monoisotopic (exact) mass is 629 g/mol. The fraction of sp³-hybridized carbons (Fsp3) is 0.294. The Balaban J connectivity index is 1.48. The molecule has 7 rings (SSSR count). The van der Waals surface area contributed by atoms with Crippen molar-refractivity contribution in [3.8, 4) is 11.5 Å². The summed E-state index contributed by atoms with van der Waals surface area (Å²) in [5, 5.41) is 12.9. The number of aromatic hydroxyl groups is 1. The summed E-state index contributed by atoms with van der Waals surface area (Å²) < 4.78 is 19.1. The minimum Gasteiger partial charge on any atom is -0.508 e. The molecule has 0 aromatic heterocycles. The first kappa shape index (κ1) is 29.0. The van der Waals surface area contributed by atoms with E-state index in [0.29, 0.717) is 33.2 Å². The molecule has 2 heterocycles. The van der Waals surface area contributed by atoms with Gasteiger partial charge in [0.1, 0.15) is 17.3 Å². The van der Waals surface area contributed by atoms with Crippen LogP contribution in [0.5, 0.6) is 11.5 Å². The summed E-state index contributed by atoms with van der Waals surface area (Å²) in [5.41, 5.74) is 3.23. The van der Waals surface area contributed by atoms with Crippen LogP contribution in [-0.2, 0) is 24.6 Å². The highest BCUT2D eigenvalue weighted by Crippen LogP contribution is 2.65. The number of methoxy groups -OCH3 is 1. The van der Waals surface area contributed by atoms with Crippen molar-refractivity contribution < 1.29 is 33.4 Å². The van der Waals surface area contributed by atoms with Gasteiger partial charge in [-0.25, -0.2) is 4.39 Å². The highest BCUT2D eigenvalue weighted by molar-refractivity contribution is 6.30. The Kier molecular flexibility index (Phi) is 6.74. The number of phenolic OH excluding ortho intramolecular Hbond substituents is 1. The molecule has 0 bridgehead atoms. The number of carbonyl (C=O) groups excluding carboxylic acids is 4. The summed E-state index contributed by atoms with van der Waals surface area (Å²) in [6.07, 6.45) is 2.30. The Labute approximate surface area is 263 Å². The zero-order valence-corrected chi connectivity index (χ0v) is 25.1. The molecule has 0 radical (unpaired) electrons. The fourth-order valence-electron chi connectivity index (χ4n) is 8.05. The zero-order valence-electron chi connectivity index (χ0n) is 24.4. The van der Waals surface area contributed by atoms with Crippen LogP contribution in [0, 0.1) is 29.5 Å². The number of nitrogens with one attached hydrogen (secondary N) is 1. The van der Waals surface area contributed by atoms with Crippen LogP contribution in [0.4, 0.5) is 10.1 Å². The van der Waals surface area contributed by atoms with Gasteiger partial charge in [0.15, 0.2) is 0 Å². The highest BCUT2D eigenvalue weighted by atomic mass is 35.5. The quantitative estimate of drug-likeness (QED) is 0.307. The number of fused-ring (bicyclic) bond motifs is 4. The Hall–Kier alpha value is -4.70. The van der Waals surface area contributed by atoms with Crippen molar-refractivity contribution >= 4 is 40.9 Å². The van der Waals surface area contributed by atoms with Crippen LogP contribution in [-0.4, -0.2) is 52.8 Å². The summed E-state index contributed by atoms with van der Waals surface area (Å²) in [7, 11) is 2.94. The third-order valence-electron chi connectivity index (χ3n) is 10.0. The van der Waals surface area contributed by atoms with Gasteiger partial charge in [-0.15, -0.1) is 0 Å². The van der Waals surface area contributed by atoms with E-state index in [1.165, 1.54) is 44.5 Å². The highest BCUT2D eigenvalue weighted by Gasteiger charge is 2.70. The Morgan fingerprint density at radius 2 is 1.67 bits per heavy atom. The average molecular weight is 630 g/mol. The van der Waals surface area contributed by atoms with Gasteiger partial charge in [0, 0.05) is 29.6 Å². The number of rotatable bonds is 5. The van der Waals surface area contributed by atoms with Crippen molar-refractivity contribution in [2.24, 2.45) is 23.7 Å². The summed E-state index contributed by atoms with van der Waals surface area (Å²) in [6.45, 7) is 0. The number of carbonyl (C=O) groups is 4. The number of phenols is 1. The van der Waals surface area contributed by atoms with Gasteiger partial charge in [0.2, 0.25) is 11.8 Å². The number of allylic oxidation sites excluding steroid dienone is 2. The number of hydrazine groups is 1. The first-order valence-corrected chi connectivity index (χ1v) is 15.0. The molecule has 2 N–H and O–H groups in total. The largest absolute Gasteiger partial charge is 0.508 e. The molecule has 45 heavy (non-hydrogen) atoms. The standard InChI is InChI=1S/C34H29ClFN3O6/c1-38-30(41)24-14-13-22-25(28(24)32(38)43)16-26-31(42)39(37-20-9-7-19(36)8-10-20)33(44)34(26,17-3-5-18(35)6-4-17)29(22)23-12-11-21(45-2)15-27(23)40/h3-13,15,24-26,28-29,37,40H,14,16H2,1-2H3/t24-,25+,26-,28-,29+,34+/m0/s1. The van der Waals surface area contributed by atoms with E-state index in [1.807, 2.05) is 6.08 Å². The van der Waals surface area contributed by atoms with E-state index in [-0.39, 0.29) is 30.4 Å². The normalized spacial score (nSPS) is 28.9. The van der Waals surface area contributed by atoms with E-state index in [2.05, 4.69) is 5.43 Å². The first-order valence-electron chi connectivity index (χ1n) is 14.6. The number of amides is 4. The van der Waals surface area contributed by atoms with E-state index >= 15 is 0 Å². The summed E-state index contributed by atoms with van der Waals surface area (Å²) in [4.78, 5) is 57.3. The molecule has 0 unspecified atom stereocenters. The number of ether oxygens (including phenoxy) is 1. The second kappa shape index (κ2) is 10.4. The molecule has 1 saturated carbocycles. The smallest absolute Gasteiger partial charge is 0.260 e. The lowest BCUT2D eigenvalue weighted by Crippen LogP contribution is -2.53. The molecule has 11 heteroatoms. The molecule has 3 aromatic carbocycles. The Morgan fingerprint density at radius 3 is 2.33 bits per heavy atom. The van der Waals surface area contributed by atoms with Crippen LogP contribution >= 0.6 is 11.6 Å². The van der Waals surface area contributed by atoms with E-state index in [0.717, 1.165) is 9.91 Å². The lowest BCUT2D eigenvalue weighted by atomic mass is 9.49. The molecular formula is C34H29ClFN3O6. The van der Waals surface area contributed by atoms with Crippen molar-refractivity contribution in [2.75, 3.05) is 19.6 Å². The molecule has 2 aliphatic carbocycles. The average Bonchev–Trinajstić information content (AvgIpc) is 3.39. The molecule has 3 fully saturated rings. The van der Waals surface area contributed by atoms with E-state index in [4.69, 9.17) is 16.3 Å². The van der Waals surface area contributed by atoms with Crippen LogP contribution in [0.15, 0.2) is 78.4 Å². The summed E-state index contributed by atoms with van der Waals surface area (Å²) in [6, 6.07) is 16.8. The molecular weight excluding hydrogens is 601 g/mol. The molecule has 6 atom stereocenters. The van der Waals surface area contributed by atoms with Gasteiger partial charge in [0.05, 0.1) is 36.0 Å². The van der Waals surface area contributed by atoms with Gasteiger partial charge >= 0.3 is 0 Å². The van der Waals surface area contributed by atoms with Crippen molar-refractivity contribution in [3.05, 3.63) is 100 Å². The van der Waals surface area contributed by atoms with Gasteiger partial charge in [-0.2, -0.15) is 5.01 Å². The third-order valence-corrected chi connectivity index (χ3v) is 10.3. The molecule has 4 aliphatic rings. The van der Waals surface area contributed by atoms with Crippen LogP contribution in [0.3, 0.4) is 0 Å². The number of hydrogen-bond acceptors (Lipinski definition) is 7. The van der Waals surface area contributed by atoms with E-state index in [1.54, 1.807) is 36.4 Å². The minimum absolute atomic E-state index is 0.113. The predicted octanol–water partition coefficient (Wildman–Crippen LogP) is 4.81. The van der Waals surface area contributed by atoms with Gasteiger partial charge in [0.25, 0.3) is 11.8 Å². The lowest BCUT2D eigenvalue weighted by Gasteiger charge is -2.50. The molecule has 2 saturated heterocycles. The van der Waals surface area contributed by atoms with Gasteiger partial charge in [-0.05, 0) is 66.8 Å². The van der Waals surface area contributed by atoms with Crippen LogP contribution < -0.4 is 10.2 Å². The molecule has 0 spiro atoms. The zero-order chi connectivity index (χ0) is 31.8. The maximum atomic E-state index is 15.0. The predicted molar refractivity (Wildman–Crippen MR) is 161 cm³/mol. The number of benzene rings is 3. The van der Waals surface area contributed by atoms with Crippen molar-refractivity contribution in [2.45, 2.75) is 24.2 Å². The number of halogens is 2. The number of anilines is 1. The number of imide groups is 2. The topological polar surface area (TPSA) is 116 Å². The minimum atomic E-state index is -1.58. The summed E-state index contributed by atoms with van der Waals surface area (Å²) in [5.74, 6) is -5.68. The van der Waals surface area contributed by atoms with E-state index in [9.17, 15) is 28.7 Å². The number of hydrogen-bond donors (Lipinski definition) is 2. The second-order valence-electron chi connectivity index (χ2n) is 12.0. The fourth-order valence-corrected chi connectivity index (χ4v) is 8.18. The Bertz CT molecular complexity index is 1790. The molecule has 4 amide bonds. The maximum Gasteiger partial charge on any atom is 0.260 e. The Morgan fingerprint density at radius 1 is 0.956 bits per heavy atom. The summed E-state index contributed by atoms with van der Waals surface area (Å²) >= 11 is 6.29. The molecule has 3 aromatic rings. The van der Waals surface area contributed by atoms with Gasteiger partial charge < -0.3 is 9.84 Å². The van der Waals surface area contributed by atoms with Crippen LogP contribution in [0.1, 0.15) is 29.9 Å². The number of nitrogens with zero attached hydrogens (tertiary/aromatic N) is 2. The van der Waals surface area contributed by atoms with Crippen LogP contribution in [0.2, 0.25) is 5.02 Å². The van der Waals surface area contributed by atoms with Gasteiger partial charge in [-0.1, -0.05) is 41.4 Å². The van der Waals surface area contributed by atoms with Gasteiger partial charge in [-0.3, -0.25) is 29.5 Å². The van der Waals surface area contributed by atoms with E-state index < -0.39 is 52.6 Å². The maximum absolute atomic E-state index is 15.0. The molecule has 230 valence electrons. The first-order chi connectivity index (χ1) is 21.6. The lowest BCUT2D eigenvalue weighted by molar-refractivity contribution is -0.140. The SMILES string of the molecule is COc1ccc([C@H]2C3=CC[C@@H]4C(=O)N(C)C(=O)[C@@H]4[C@@H]3C[C@H]3C(=O)N(Nc4ccc(F)cc4)C(=O)[C@@]23c2ccc(Cl)cc2)c(O)c1. The second-order valence-corrected chi connectivity index (χ2v) is 12.5. The number of likely N-dealkylation sites (tertiary alicyclic amines) is 1. The van der Waals surface area contributed by atoms with Crippen molar-refractivity contribution in [1.82, 2.24) is 9.91 Å². The van der Waals surface area contributed by atoms with Crippen molar-refractivity contribution in [3.63, 3.8) is 0 Å². The molecule has 2 aliphatic heterocycles. The van der Waals surface area contributed by atoms with Crippen LogP contribution in [0.25, 0.3) is 0 Å². The van der Waals surface area contributed by atoms with Crippen molar-refractivity contribution in [1.29, 1.82) is 0 Å².